The molecule has 2 nitrogen and oxygen atoms in total. The third-order valence-corrected chi connectivity index (χ3v) is 5.35. The van der Waals surface area contributed by atoms with Crippen LogP contribution in [0.3, 0.4) is 0 Å². The molecule has 0 saturated heterocycles. The highest BCUT2D eigenvalue weighted by Gasteiger charge is 2.42. The molecule has 0 aliphatic heterocycles. The van der Waals surface area contributed by atoms with Crippen LogP contribution in [0.5, 0.6) is 0 Å². The van der Waals surface area contributed by atoms with Gasteiger partial charge in [-0.25, -0.2) is 0 Å². The van der Waals surface area contributed by atoms with Crippen LogP contribution in [-0.2, 0) is 11.2 Å². The first kappa shape index (κ1) is 13.9. The van der Waals surface area contributed by atoms with Gasteiger partial charge in [-0.1, -0.05) is 37.8 Å². The van der Waals surface area contributed by atoms with Gasteiger partial charge < -0.3 is 5.11 Å². The van der Waals surface area contributed by atoms with Gasteiger partial charge in [0.15, 0.2) is 0 Å². The minimum atomic E-state index is -0.634. The highest BCUT2D eigenvalue weighted by Crippen LogP contribution is 2.44. The van der Waals surface area contributed by atoms with E-state index in [2.05, 4.69) is 6.92 Å². The second-order valence-electron chi connectivity index (χ2n) is 5.34. The van der Waals surface area contributed by atoms with E-state index in [9.17, 15) is 9.90 Å². The van der Waals surface area contributed by atoms with Crippen LogP contribution in [-0.4, -0.2) is 11.1 Å². The Morgan fingerprint density at radius 3 is 2.94 bits per heavy atom. The van der Waals surface area contributed by atoms with E-state index >= 15 is 0 Å². The number of carbonyl (C=O) groups is 1. The Hall–Kier alpha value is -0.540. The van der Waals surface area contributed by atoms with Gasteiger partial charge in [0.05, 0.1) is 9.75 Å². The maximum atomic E-state index is 11.7. The van der Waals surface area contributed by atoms with E-state index in [0.29, 0.717) is 12.3 Å². The molecule has 0 spiro atoms. The molecule has 1 aliphatic carbocycles. The Balaban J connectivity index is 2.18. The minimum Gasteiger partial charge on any atom is -0.481 e. The Morgan fingerprint density at radius 2 is 2.39 bits per heavy atom. The first-order valence-corrected chi connectivity index (χ1v) is 7.73. The summed E-state index contributed by atoms with van der Waals surface area (Å²) in [6.07, 6.45) is 5.54. The van der Waals surface area contributed by atoms with Gasteiger partial charge in [-0.3, -0.25) is 4.79 Å². The van der Waals surface area contributed by atoms with Gasteiger partial charge in [0, 0.05) is 4.88 Å². The quantitative estimate of drug-likeness (QED) is 0.877. The molecule has 1 aliphatic rings. The number of halogens is 1. The largest absolute Gasteiger partial charge is 0.481 e. The molecular weight excluding hydrogens is 268 g/mol. The van der Waals surface area contributed by atoms with Crippen LogP contribution in [0.2, 0.25) is 4.34 Å². The summed E-state index contributed by atoms with van der Waals surface area (Å²) < 4.78 is 0.744. The van der Waals surface area contributed by atoms with Gasteiger partial charge in [-0.05, 0) is 37.3 Å². The fraction of sp³-hybridized carbons (Fsp3) is 0.643. The smallest absolute Gasteiger partial charge is 0.310 e. The number of hydrogen-bond donors (Lipinski definition) is 1. The predicted molar refractivity (Wildman–Crippen MR) is 75.4 cm³/mol. The van der Waals surface area contributed by atoms with Crippen molar-refractivity contribution in [1.29, 1.82) is 0 Å². The lowest BCUT2D eigenvalue weighted by atomic mass is 9.67. The van der Waals surface area contributed by atoms with Crippen LogP contribution in [0.25, 0.3) is 0 Å². The first-order valence-electron chi connectivity index (χ1n) is 6.53. The average Bonchev–Trinajstić information content (AvgIpc) is 2.74. The van der Waals surface area contributed by atoms with Crippen LogP contribution in [0.1, 0.15) is 43.9 Å². The van der Waals surface area contributed by atoms with E-state index < -0.39 is 11.4 Å². The van der Waals surface area contributed by atoms with Crippen molar-refractivity contribution >= 4 is 28.9 Å². The van der Waals surface area contributed by atoms with Crippen molar-refractivity contribution in [1.82, 2.24) is 0 Å². The number of carboxylic acid groups (broad SMARTS) is 1. The predicted octanol–water partition coefficient (Wildman–Crippen LogP) is 4.62. The number of thiophene rings is 1. The molecular formula is C14H19ClO2S. The molecule has 1 fully saturated rings. The normalized spacial score (nSPS) is 28.2. The highest BCUT2D eigenvalue weighted by atomic mass is 35.5. The molecule has 2 rings (SSSR count). The summed E-state index contributed by atoms with van der Waals surface area (Å²) in [4.78, 5) is 12.8. The summed E-state index contributed by atoms with van der Waals surface area (Å²) in [6.45, 7) is 2.16. The SMILES string of the molecule is CCC1CCCC(Cc2ccc(Cl)s2)(C(=O)O)C1. The van der Waals surface area contributed by atoms with Crippen LogP contribution >= 0.6 is 22.9 Å². The van der Waals surface area contributed by atoms with E-state index in [0.717, 1.165) is 34.9 Å². The molecule has 0 amide bonds. The van der Waals surface area contributed by atoms with Crippen molar-refractivity contribution in [3.8, 4) is 0 Å². The molecule has 18 heavy (non-hydrogen) atoms. The fourth-order valence-corrected chi connectivity index (χ4v) is 4.28. The van der Waals surface area contributed by atoms with E-state index in [1.165, 1.54) is 17.8 Å². The van der Waals surface area contributed by atoms with Crippen molar-refractivity contribution in [3.63, 3.8) is 0 Å². The number of carboxylic acids is 1. The molecule has 1 aromatic heterocycles. The van der Waals surface area contributed by atoms with Crippen molar-refractivity contribution in [2.45, 2.75) is 45.4 Å². The Kier molecular flexibility index (Phi) is 4.33. The summed E-state index contributed by atoms with van der Waals surface area (Å²) >= 11 is 7.44. The molecule has 1 heterocycles. The van der Waals surface area contributed by atoms with Gasteiger partial charge in [-0.15, -0.1) is 11.3 Å². The lowest BCUT2D eigenvalue weighted by Gasteiger charge is -2.37. The monoisotopic (exact) mass is 286 g/mol. The van der Waals surface area contributed by atoms with Gasteiger partial charge in [0.2, 0.25) is 0 Å². The van der Waals surface area contributed by atoms with Gasteiger partial charge in [-0.2, -0.15) is 0 Å². The molecule has 0 bridgehead atoms. The van der Waals surface area contributed by atoms with Crippen molar-refractivity contribution in [2.75, 3.05) is 0 Å². The summed E-state index contributed by atoms with van der Waals surface area (Å²) in [7, 11) is 0. The Bertz CT molecular complexity index is 429. The van der Waals surface area contributed by atoms with Crippen molar-refractivity contribution in [2.24, 2.45) is 11.3 Å². The van der Waals surface area contributed by atoms with E-state index in [4.69, 9.17) is 11.6 Å². The second kappa shape index (κ2) is 5.62. The maximum Gasteiger partial charge on any atom is 0.310 e. The van der Waals surface area contributed by atoms with Gasteiger partial charge in [0.25, 0.3) is 0 Å². The number of rotatable bonds is 4. The molecule has 1 aromatic rings. The zero-order valence-corrected chi connectivity index (χ0v) is 12.2. The third kappa shape index (κ3) is 2.89. The molecule has 1 N–H and O–H groups in total. The second-order valence-corrected chi connectivity index (χ2v) is 7.14. The molecule has 100 valence electrons. The van der Waals surface area contributed by atoms with Crippen molar-refractivity contribution < 1.29 is 9.90 Å². The summed E-state index contributed by atoms with van der Waals surface area (Å²) in [5.41, 5.74) is -0.562. The van der Waals surface area contributed by atoms with Gasteiger partial charge >= 0.3 is 5.97 Å². The van der Waals surface area contributed by atoms with Crippen LogP contribution < -0.4 is 0 Å². The highest BCUT2D eigenvalue weighted by molar-refractivity contribution is 7.16. The standard InChI is InChI=1S/C14H19ClO2S/c1-2-10-4-3-7-14(8-10,13(16)17)9-11-5-6-12(15)18-11/h5-6,10H,2-4,7-9H2,1H3,(H,16,17). The van der Waals surface area contributed by atoms with Crippen LogP contribution in [0.4, 0.5) is 0 Å². The summed E-state index contributed by atoms with van der Waals surface area (Å²) in [6, 6.07) is 3.82. The number of hydrogen-bond acceptors (Lipinski definition) is 2. The van der Waals surface area contributed by atoms with Crippen LogP contribution in [0.15, 0.2) is 12.1 Å². The van der Waals surface area contributed by atoms with E-state index in [1.54, 1.807) is 0 Å². The maximum absolute atomic E-state index is 11.7. The molecule has 2 atom stereocenters. The molecule has 4 heteroatoms. The Morgan fingerprint density at radius 1 is 1.61 bits per heavy atom. The first-order chi connectivity index (χ1) is 8.55. The third-order valence-electron chi connectivity index (χ3n) is 4.12. The molecule has 0 aromatic carbocycles. The van der Waals surface area contributed by atoms with Gasteiger partial charge in [0.1, 0.15) is 0 Å². The van der Waals surface area contributed by atoms with Crippen molar-refractivity contribution in [3.05, 3.63) is 21.3 Å². The Labute approximate surface area is 117 Å². The molecule has 0 radical (unpaired) electrons. The molecule has 2 unspecified atom stereocenters. The topological polar surface area (TPSA) is 37.3 Å². The fourth-order valence-electron chi connectivity index (χ4n) is 3.04. The lowest BCUT2D eigenvalue weighted by Crippen LogP contribution is -2.38. The lowest BCUT2D eigenvalue weighted by molar-refractivity contribution is -0.152. The van der Waals surface area contributed by atoms with Crippen LogP contribution in [0, 0.1) is 11.3 Å². The minimum absolute atomic E-state index is 0.560. The zero-order chi connectivity index (χ0) is 13.2. The van der Waals surface area contributed by atoms with E-state index in [1.807, 2.05) is 12.1 Å². The molecule has 1 saturated carbocycles. The summed E-state index contributed by atoms with van der Waals surface area (Å²) in [5.74, 6) is -0.0737. The average molecular weight is 287 g/mol. The summed E-state index contributed by atoms with van der Waals surface area (Å²) in [5, 5.41) is 9.64. The van der Waals surface area contributed by atoms with E-state index in [-0.39, 0.29) is 0 Å². The zero-order valence-electron chi connectivity index (χ0n) is 10.6. The number of aliphatic carboxylic acids is 1.